The van der Waals surface area contributed by atoms with Gasteiger partial charge in [-0.05, 0) is 56.0 Å². The maximum atomic E-state index is 12.4. The zero-order valence-electron chi connectivity index (χ0n) is 10.9. The monoisotopic (exact) mass is 295 g/mol. The summed E-state index contributed by atoms with van der Waals surface area (Å²) in [6.45, 7) is 2.93. The summed E-state index contributed by atoms with van der Waals surface area (Å²) in [7, 11) is 2.14. The molecule has 1 aliphatic rings. The van der Waals surface area contributed by atoms with Crippen LogP contribution in [0.15, 0.2) is 16.2 Å². The van der Waals surface area contributed by atoms with Gasteiger partial charge in [0.2, 0.25) is 0 Å². The molecule has 19 heavy (non-hydrogen) atoms. The molecular weight excluding hydrogens is 278 g/mol. The molecule has 4 nitrogen and oxygen atoms in total. The number of thiophene rings is 1. The molecule has 0 aromatic carbocycles. The zero-order valence-corrected chi connectivity index (χ0v) is 12.5. The summed E-state index contributed by atoms with van der Waals surface area (Å²) in [5.41, 5.74) is 0.916. The standard InChI is InChI=1S/C13H17N3OS2/c1-15-5-2-3-9(7-15)8-16-12(17)11-10(4-6-19-11)14-13(16)18/h4,6,9H,2-3,5,7-8H2,1H3,(H,14,18). The molecule has 102 valence electrons. The third-order valence-electron chi connectivity index (χ3n) is 3.75. The van der Waals surface area contributed by atoms with Crippen LogP contribution in [0.1, 0.15) is 12.8 Å². The Hall–Kier alpha value is -0.980. The van der Waals surface area contributed by atoms with Crippen LogP contribution in [0.25, 0.3) is 10.2 Å². The van der Waals surface area contributed by atoms with E-state index in [2.05, 4.69) is 16.9 Å². The van der Waals surface area contributed by atoms with Crippen molar-refractivity contribution in [3.8, 4) is 0 Å². The Morgan fingerprint density at radius 2 is 2.42 bits per heavy atom. The Labute approximate surface area is 120 Å². The maximum absolute atomic E-state index is 12.4. The van der Waals surface area contributed by atoms with E-state index < -0.39 is 0 Å². The highest BCUT2D eigenvalue weighted by Crippen LogP contribution is 2.18. The molecule has 1 aliphatic heterocycles. The minimum Gasteiger partial charge on any atom is -0.331 e. The number of fused-ring (bicyclic) bond motifs is 1. The topological polar surface area (TPSA) is 41.0 Å². The van der Waals surface area contributed by atoms with Gasteiger partial charge in [-0.3, -0.25) is 9.36 Å². The Morgan fingerprint density at radius 3 is 3.21 bits per heavy atom. The highest BCUT2D eigenvalue weighted by atomic mass is 32.1. The first-order valence-corrected chi connectivity index (χ1v) is 7.83. The molecule has 0 bridgehead atoms. The van der Waals surface area contributed by atoms with Gasteiger partial charge in [0, 0.05) is 13.1 Å². The highest BCUT2D eigenvalue weighted by molar-refractivity contribution is 7.71. The van der Waals surface area contributed by atoms with Gasteiger partial charge in [-0.1, -0.05) is 0 Å². The minimum absolute atomic E-state index is 0.0574. The number of nitrogens with zero attached hydrogens (tertiary/aromatic N) is 2. The second-order valence-corrected chi connectivity index (χ2v) is 6.58. The summed E-state index contributed by atoms with van der Waals surface area (Å²) in [6, 6.07) is 1.91. The third-order valence-corrected chi connectivity index (χ3v) is 4.98. The van der Waals surface area contributed by atoms with E-state index in [1.165, 1.54) is 24.2 Å². The molecule has 1 unspecified atom stereocenters. The molecule has 6 heteroatoms. The zero-order chi connectivity index (χ0) is 13.4. The lowest BCUT2D eigenvalue weighted by atomic mass is 9.98. The van der Waals surface area contributed by atoms with Gasteiger partial charge < -0.3 is 9.88 Å². The van der Waals surface area contributed by atoms with Gasteiger partial charge in [0.05, 0.1) is 5.52 Å². The number of hydrogen-bond donors (Lipinski definition) is 1. The normalized spacial score (nSPS) is 21.0. The van der Waals surface area contributed by atoms with Crippen molar-refractivity contribution in [2.75, 3.05) is 20.1 Å². The van der Waals surface area contributed by atoms with Crippen molar-refractivity contribution in [1.82, 2.24) is 14.5 Å². The Balaban J connectivity index is 1.96. The Kier molecular flexibility index (Phi) is 3.56. The minimum atomic E-state index is 0.0574. The van der Waals surface area contributed by atoms with Gasteiger partial charge in [0.25, 0.3) is 5.56 Å². The van der Waals surface area contributed by atoms with E-state index >= 15 is 0 Å². The van der Waals surface area contributed by atoms with Crippen molar-refractivity contribution in [1.29, 1.82) is 0 Å². The molecule has 0 radical (unpaired) electrons. The van der Waals surface area contributed by atoms with Crippen molar-refractivity contribution < 1.29 is 0 Å². The quantitative estimate of drug-likeness (QED) is 0.865. The molecule has 1 fully saturated rings. The maximum Gasteiger partial charge on any atom is 0.272 e. The lowest BCUT2D eigenvalue weighted by Gasteiger charge is -2.29. The van der Waals surface area contributed by atoms with Gasteiger partial charge in [-0.15, -0.1) is 11.3 Å². The van der Waals surface area contributed by atoms with E-state index in [1.54, 1.807) is 4.57 Å². The number of piperidine rings is 1. The molecule has 1 atom stereocenters. The summed E-state index contributed by atoms with van der Waals surface area (Å²) in [4.78, 5) is 17.9. The van der Waals surface area contributed by atoms with E-state index in [1.807, 2.05) is 11.4 Å². The van der Waals surface area contributed by atoms with E-state index in [4.69, 9.17) is 12.2 Å². The first kappa shape index (κ1) is 13.0. The fourth-order valence-electron chi connectivity index (χ4n) is 2.82. The van der Waals surface area contributed by atoms with Crippen LogP contribution in [0.5, 0.6) is 0 Å². The van der Waals surface area contributed by atoms with Crippen LogP contribution in [0.4, 0.5) is 0 Å². The third kappa shape index (κ3) is 2.52. The average Bonchev–Trinajstić information content (AvgIpc) is 2.83. The molecule has 1 saturated heterocycles. The van der Waals surface area contributed by atoms with Crippen LogP contribution in [0.3, 0.4) is 0 Å². The van der Waals surface area contributed by atoms with Crippen LogP contribution in [-0.4, -0.2) is 34.6 Å². The number of hydrogen-bond acceptors (Lipinski definition) is 4. The average molecular weight is 295 g/mol. The van der Waals surface area contributed by atoms with Crippen LogP contribution in [-0.2, 0) is 6.54 Å². The van der Waals surface area contributed by atoms with Crippen molar-refractivity contribution in [2.45, 2.75) is 19.4 Å². The Bertz CT molecular complexity index is 700. The van der Waals surface area contributed by atoms with Crippen LogP contribution in [0, 0.1) is 10.7 Å². The summed E-state index contributed by atoms with van der Waals surface area (Å²) in [6.07, 6.45) is 2.38. The summed E-state index contributed by atoms with van der Waals surface area (Å²) in [5, 5.41) is 1.93. The first-order chi connectivity index (χ1) is 9.15. The largest absolute Gasteiger partial charge is 0.331 e. The number of likely N-dealkylation sites (tertiary alicyclic amines) is 1. The molecule has 0 saturated carbocycles. The molecule has 0 amide bonds. The molecule has 0 spiro atoms. The van der Waals surface area contributed by atoms with Gasteiger partial charge in [0.15, 0.2) is 4.77 Å². The molecule has 2 aromatic rings. The van der Waals surface area contributed by atoms with Gasteiger partial charge >= 0.3 is 0 Å². The van der Waals surface area contributed by atoms with E-state index in [-0.39, 0.29) is 5.56 Å². The smallest absolute Gasteiger partial charge is 0.272 e. The number of nitrogens with one attached hydrogen (secondary N) is 1. The summed E-state index contributed by atoms with van der Waals surface area (Å²) in [5.74, 6) is 0.518. The number of aromatic amines is 1. The number of H-pyrrole nitrogens is 1. The SMILES string of the molecule is CN1CCCC(Cn2c(=S)[nH]c3ccsc3c2=O)C1. The molecule has 2 aromatic heterocycles. The fourth-order valence-corrected chi connectivity index (χ4v) is 3.88. The molecule has 3 heterocycles. The molecular formula is C13H17N3OS2. The second kappa shape index (κ2) is 5.19. The molecule has 3 rings (SSSR count). The number of rotatable bonds is 2. The van der Waals surface area contributed by atoms with Gasteiger partial charge in [0.1, 0.15) is 4.70 Å². The lowest BCUT2D eigenvalue weighted by Crippen LogP contribution is -2.36. The predicted molar refractivity (Wildman–Crippen MR) is 81.5 cm³/mol. The van der Waals surface area contributed by atoms with E-state index in [0.717, 1.165) is 29.9 Å². The molecule has 0 aliphatic carbocycles. The highest BCUT2D eigenvalue weighted by Gasteiger charge is 2.19. The van der Waals surface area contributed by atoms with Gasteiger partial charge in [-0.2, -0.15) is 0 Å². The van der Waals surface area contributed by atoms with Crippen LogP contribution in [0.2, 0.25) is 0 Å². The Morgan fingerprint density at radius 1 is 1.58 bits per heavy atom. The van der Waals surface area contributed by atoms with Gasteiger partial charge in [-0.25, -0.2) is 0 Å². The lowest BCUT2D eigenvalue weighted by molar-refractivity contribution is 0.193. The predicted octanol–water partition coefficient (Wildman–Crippen LogP) is 2.46. The van der Waals surface area contributed by atoms with Crippen LogP contribution < -0.4 is 5.56 Å². The van der Waals surface area contributed by atoms with Crippen molar-refractivity contribution in [3.05, 3.63) is 26.6 Å². The van der Waals surface area contributed by atoms with Crippen LogP contribution >= 0.6 is 23.6 Å². The van der Waals surface area contributed by atoms with Crippen molar-refractivity contribution in [3.63, 3.8) is 0 Å². The van der Waals surface area contributed by atoms with Crippen molar-refractivity contribution in [2.24, 2.45) is 5.92 Å². The summed E-state index contributed by atoms with van der Waals surface area (Å²) < 4.78 is 3.06. The van der Waals surface area contributed by atoms with Crippen molar-refractivity contribution >= 4 is 33.8 Å². The number of aromatic nitrogens is 2. The molecule has 1 N–H and O–H groups in total. The fraction of sp³-hybridized carbons (Fsp3) is 0.538. The van der Waals surface area contributed by atoms with E-state index in [9.17, 15) is 4.79 Å². The summed E-state index contributed by atoms with van der Waals surface area (Å²) >= 11 is 6.81. The first-order valence-electron chi connectivity index (χ1n) is 6.54. The van der Waals surface area contributed by atoms with E-state index in [0.29, 0.717) is 10.7 Å². The second-order valence-electron chi connectivity index (χ2n) is 5.28.